The number of aliphatic hydroxyl groups excluding tert-OH is 1. The fraction of sp³-hybridized carbons (Fsp3) is 0.667. The van der Waals surface area contributed by atoms with Gasteiger partial charge in [-0.1, -0.05) is 6.58 Å². The molecule has 1 unspecified atom stereocenters. The average Bonchev–Trinajstić information content (AvgIpc) is 1.86. The summed E-state index contributed by atoms with van der Waals surface area (Å²) < 4.78 is 0.611. The van der Waals surface area contributed by atoms with E-state index in [1.54, 1.807) is 6.92 Å². The van der Waals surface area contributed by atoms with Crippen molar-refractivity contribution in [2.75, 3.05) is 21.1 Å². The van der Waals surface area contributed by atoms with Crippen LogP contribution in [-0.2, 0) is 4.79 Å². The SMILES string of the molecule is C=C(C)C(=O)[O-].CC(O)[N+](C)(C)C.[Cl-]. The smallest absolute Gasteiger partial charge is 0.187 e. The lowest BCUT2D eigenvalue weighted by Crippen LogP contribution is -3.00. The number of quaternary nitrogens is 1. The second kappa shape index (κ2) is 7.79. The van der Waals surface area contributed by atoms with Crippen LogP contribution in [0.15, 0.2) is 12.2 Å². The molecule has 0 bridgehead atoms. The molecule has 5 heteroatoms. The van der Waals surface area contributed by atoms with Crippen LogP contribution < -0.4 is 17.5 Å². The van der Waals surface area contributed by atoms with Gasteiger partial charge in [0.1, 0.15) is 0 Å². The molecule has 0 radical (unpaired) electrons. The van der Waals surface area contributed by atoms with Crippen molar-refractivity contribution in [3.63, 3.8) is 0 Å². The van der Waals surface area contributed by atoms with Crippen molar-refractivity contribution >= 4 is 5.97 Å². The third-order valence-electron chi connectivity index (χ3n) is 1.47. The van der Waals surface area contributed by atoms with E-state index in [1.165, 1.54) is 6.92 Å². The summed E-state index contributed by atoms with van der Waals surface area (Å²) in [5, 5.41) is 18.3. The molecule has 0 heterocycles. The summed E-state index contributed by atoms with van der Waals surface area (Å²) in [5.41, 5.74) is 0.0648. The predicted octanol–water partition coefficient (Wildman–Crippen LogP) is -3.65. The molecule has 1 atom stereocenters. The number of aliphatic carboxylic acids is 1. The van der Waals surface area contributed by atoms with Crippen LogP contribution in [0.5, 0.6) is 0 Å². The number of carboxylic acids is 1. The van der Waals surface area contributed by atoms with E-state index in [9.17, 15) is 9.90 Å². The Labute approximate surface area is 91.8 Å². The average molecular weight is 225 g/mol. The van der Waals surface area contributed by atoms with E-state index in [0.29, 0.717) is 4.48 Å². The Morgan fingerprint density at radius 1 is 1.43 bits per heavy atom. The van der Waals surface area contributed by atoms with Gasteiger partial charge in [0.15, 0.2) is 6.23 Å². The molecular weight excluding hydrogens is 206 g/mol. The summed E-state index contributed by atoms with van der Waals surface area (Å²) in [7, 11) is 5.85. The van der Waals surface area contributed by atoms with Gasteiger partial charge in [0.05, 0.1) is 27.1 Å². The maximum Gasteiger partial charge on any atom is 0.187 e. The number of nitrogens with zero attached hydrogens (tertiary/aromatic N) is 1. The van der Waals surface area contributed by atoms with Gasteiger partial charge in [-0.3, -0.25) is 0 Å². The first kappa shape index (κ1) is 19.1. The molecule has 0 saturated heterocycles. The van der Waals surface area contributed by atoms with Crippen molar-refractivity contribution in [1.29, 1.82) is 0 Å². The zero-order chi connectivity index (χ0) is 11.2. The molecule has 14 heavy (non-hydrogen) atoms. The second-order valence-electron chi connectivity index (χ2n) is 3.82. The zero-order valence-electron chi connectivity index (χ0n) is 9.37. The summed E-state index contributed by atoms with van der Waals surface area (Å²) >= 11 is 0. The van der Waals surface area contributed by atoms with Gasteiger partial charge in [-0.2, -0.15) is 0 Å². The Morgan fingerprint density at radius 3 is 1.57 bits per heavy atom. The number of carbonyl (C=O) groups excluding carboxylic acids is 1. The van der Waals surface area contributed by atoms with Crippen molar-refractivity contribution in [1.82, 2.24) is 0 Å². The third-order valence-corrected chi connectivity index (χ3v) is 1.47. The fourth-order valence-corrected chi connectivity index (χ4v) is 0. The predicted molar refractivity (Wildman–Crippen MR) is 49.5 cm³/mol. The molecule has 0 amide bonds. The van der Waals surface area contributed by atoms with Crippen LogP contribution in [0.25, 0.3) is 0 Å². The molecular formula is C9H19ClNO3-. The van der Waals surface area contributed by atoms with Crippen LogP contribution in [0, 0.1) is 0 Å². The molecule has 0 rings (SSSR count). The van der Waals surface area contributed by atoms with Crippen molar-refractivity contribution in [3.05, 3.63) is 12.2 Å². The number of carboxylic acid groups (broad SMARTS) is 1. The highest BCUT2D eigenvalue weighted by Gasteiger charge is 2.12. The second-order valence-corrected chi connectivity index (χ2v) is 3.82. The monoisotopic (exact) mass is 224 g/mol. The van der Waals surface area contributed by atoms with Crippen LogP contribution in [0.1, 0.15) is 13.8 Å². The van der Waals surface area contributed by atoms with E-state index < -0.39 is 5.97 Å². The first-order valence-electron chi connectivity index (χ1n) is 3.95. The zero-order valence-corrected chi connectivity index (χ0v) is 10.1. The molecule has 0 fully saturated rings. The first-order chi connectivity index (χ1) is 5.59. The number of hydrogen-bond donors (Lipinski definition) is 1. The topological polar surface area (TPSA) is 60.4 Å². The lowest BCUT2D eigenvalue weighted by molar-refractivity contribution is -0.916. The van der Waals surface area contributed by atoms with E-state index in [2.05, 4.69) is 6.58 Å². The molecule has 0 aromatic rings. The van der Waals surface area contributed by atoms with E-state index in [4.69, 9.17) is 5.11 Å². The van der Waals surface area contributed by atoms with Crippen molar-refractivity contribution in [2.24, 2.45) is 0 Å². The van der Waals surface area contributed by atoms with Gasteiger partial charge < -0.3 is 31.9 Å². The number of aliphatic hydroxyl groups is 1. The maximum atomic E-state index is 9.49. The minimum atomic E-state index is -1.19. The van der Waals surface area contributed by atoms with Gasteiger partial charge in [-0.05, 0) is 12.5 Å². The Balaban J connectivity index is -0.000000163. The molecule has 0 aromatic heterocycles. The Bertz CT molecular complexity index is 173. The Kier molecular flexibility index (Phi) is 10.6. The molecule has 86 valence electrons. The number of rotatable bonds is 2. The van der Waals surface area contributed by atoms with Crippen LogP contribution in [0.3, 0.4) is 0 Å². The summed E-state index contributed by atoms with van der Waals surface area (Å²) in [5.74, 6) is -1.19. The Morgan fingerprint density at radius 2 is 1.57 bits per heavy atom. The van der Waals surface area contributed by atoms with E-state index in [0.717, 1.165) is 0 Å². The van der Waals surface area contributed by atoms with Gasteiger partial charge in [-0.25, -0.2) is 0 Å². The molecule has 0 aliphatic rings. The van der Waals surface area contributed by atoms with E-state index in [1.807, 2.05) is 21.1 Å². The highest BCUT2D eigenvalue weighted by Crippen LogP contribution is 1.94. The molecule has 1 N–H and O–H groups in total. The molecule has 0 saturated carbocycles. The highest BCUT2D eigenvalue weighted by molar-refractivity contribution is 5.82. The fourth-order valence-electron chi connectivity index (χ4n) is 0. The van der Waals surface area contributed by atoms with Crippen LogP contribution >= 0.6 is 0 Å². The Hall–Kier alpha value is -0.580. The quantitative estimate of drug-likeness (QED) is 0.299. The van der Waals surface area contributed by atoms with Gasteiger partial charge >= 0.3 is 0 Å². The summed E-state index contributed by atoms with van der Waals surface area (Å²) in [6, 6.07) is 0. The van der Waals surface area contributed by atoms with Crippen LogP contribution in [0.4, 0.5) is 0 Å². The van der Waals surface area contributed by atoms with Crippen molar-refractivity contribution in [3.8, 4) is 0 Å². The lowest BCUT2D eigenvalue weighted by atomic mass is 10.4. The standard InChI is InChI=1S/C5H14NO.C4H6O2.ClH/c1-5(7)6(2,3)4;1-3(2)4(5)6;/h5,7H,1-4H3;1H2,2H3,(H,5,6);1H/q+1;;/p-2. The third kappa shape index (κ3) is 14.0. The minimum Gasteiger partial charge on any atom is -1.00 e. The number of halogens is 1. The molecule has 0 aliphatic carbocycles. The van der Waals surface area contributed by atoms with Gasteiger partial charge in [-0.15, -0.1) is 0 Å². The van der Waals surface area contributed by atoms with E-state index in [-0.39, 0.29) is 24.2 Å². The largest absolute Gasteiger partial charge is 1.00 e. The van der Waals surface area contributed by atoms with Crippen LogP contribution in [0.2, 0.25) is 0 Å². The molecule has 0 aliphatic heterocycles. The molecule has 0 spiro atoms. The highest BCUT2D eigenvalue weighted by atomic mass is 35.5. The maximum absolute atomic E-state index is 9.49. The normalized spacial score (nSPS) is 11.6. The minimum absolute atomic E-state index is 0. The van der Waals surface area contributed by atoms with Crippen molar-refractivity contribution in [2.45, 2.75) is 20.1 Å². The van der Waals surface area contributed by atoms with Gasteiger partial charge in [0.2, 0.25) is 0 Å². The molecule has 0 aromatic carbocycles. The van der Waals surface area contributed by atoms with Crippen molar-refractivity contribution < 1.29 is 31.9 Å². The summed E-state index contributed by atoms with van der Waals surface area (Å²) in [6.07, 6.45) is -0.264. The van der Waals surface area contributed by atoms with E-state index >= 15 is 0 Å². The van der Waals surface area contributed by atoms with Crippen LogP contribution in [-0.4, -0.2) is 42.9 Å². The number of hydrogen-bond acceptors (Lipinski definition) is 3. The summed E-state index contributed by atoms with van der Waals surface area (Å²) in [4.78, 5) is 9.49. The lowest BCUT2D eigenvalue weighted by Gasteiger charge is -2.26. The van der Waals surface area contributed by atoms with Gasteiger partial charge in [0, 0.05) is 6.92 Å². The summed E-state index contributed by atoms with van der Waals surface area (Å²) in [6.45, 7) is 6.25. The van der Waals surface area contributed by atoms with Gasteiger partial charge in [0.25, 0.3) is 0 Å². The first-order valence-corrected chi connectivity index (χ1v) is 3.95. The molecule has 4 nitrogen and oxygen atoms in total. The number of carbonyl (C=O) groups is 1.